The third kappa shape index (κ3) is 2.94. The Bertz CT molecular complexity index is 1150. The first-order valence-electron chi connectivity index (χ1n) is 10.1. The molecule has 2 aliphatic rings. The summed E-state index contributed by atoms with van der Waals surface area (Å²) in [5.74, 6) is 0.509. The molecule has 4 heterocycles. The van der Waals surface area contributed by atoms with Gasteiger partial charge in [0, 0.05) is 30.8 Å². The maximum Gasteiger partial charge on any atom is 0.192 e. The molecule has 1 N–H and O–H groups in total. The van der Waals surface area contributed by atoms with Crippen molar-refractivity contribution in [3.63, 3.8) is 0 Å². The molecule has 0 radical (unpaired) electrons. The highest BCUT2D eigenvalue weighted by Crippen LogP contribution is 2.39. The van der Waals surface area contributed by atoms with Crippen LogP contribution in [0.15, 0.2) is 45.8 Å². The molecule has 2 aliphatic heterocycles. The van der Waals surface area contributed by atoms with Crippen LogP contribution in [0.1, 0.15) is 19.3 Å². The van der Waals surface area contributed by atoms with Crippen LogP contribution in [-0.2, 0) is 0 Å². The van der Waals surface area contributed by atoms with Crippen molar-refractivity contribution in [3.05, 3.63) is 46.8 Å². The lowest BCUT2D eigenvalue weighted by Gasteiger charge is -2.43. The van der Waals surface area contributed by atoms with Crippen molar-refractivity contribution in [3.8, 4) is 17.0 Å². The number of benzene rings is 1. The number of aromatic nitrogens is 2. The fourth-order valence-electron chi connectivity index (χ4n) is 4.90. The summed E-state index contributed by atoms with van der Waals surface area (Å²) in [6.07, 6.45) is 3.08. The Morgan fingerprint density at radius 2 is 2.07 bits per heavy atom. The van der Waals surface area contributed by atoms with Gasteiger partial charge in [-0.2, -0.15) is 0 Å². The van der Waals surface area contributed by atoms with E-state index in [1.54, 1.807) is 18.2 Å². The zero-order valence-electron chi connectivity index (χ0n) is 16.8. The molecule has 0 unspecified atom stereocenters. The Kier molecular flexibility index (Phi) is 4.47. The van der Waals surface area contributed by atoms with E-state index in [1.165, 1.54) is 18.4 Å². The third-order valence-corrected chi connectivity index (χ3v) is 6.71. The van der Waals surface area contributed by atoms with Crippen molar-refractivity contribution in [1.29, 1.82) is 0 Å². The van der Waals surface area contributed by atoms with Gasteiger partial charge in [-0.1, -0.05) is 0 Å². The van der Waals surface area contributed by atoms with Crippen LogP contribution in [0.25, 0.3) is 22.2 Å². The van der Waals surface area contributed by atoms with Gasteiger partial charge >= 0.3 is 0 Å². The number of piperidine rings is 1. The molecule has 2 bridgehead atoms. The first kappa shape index (κ1) is 19.0. The number of nitrogens with zero attached hydrogens (tertiary/aromatic N) is 4. The number of phenols is 1. The van der Waals surface area contributed by atoms with Gasteiger partial charge in [0.2, 0.25) is 0 Å². The van der Waals surface area contributed by atoms with Gasteiger partial charge < -0.3 is 14.4 Å². The van der Waals surface area contributed by atoms with Gasteiger partial charge in [0.15, 0.2) is 11.2 Å². The highest BCUT2D eigenvalue weighted by Gasteiger charge is 2.47. The second-order valence-electron chi connectivity index (χ2n) is 8.25. The first-order valence-corrected chi connectivity index (χ1v) is 10.1. The zero-order valence-corrected chi connectivity index (χ0v) is 16.8. The number of halogens is 1. The lowest BCUT2D eigenvalue weighted by atomic mass is 9.95. The van der Waals surface area contributed by atoms with E-state index in [9.17, 15) is 9.90 Å². The Hall–Kier alpha value is -3.00. The van der Waals surface area contributed by atoms with E-state index in [1.807, 2.05) is 19.0 Å². The van der Waals surface area contributed by atoms with E-state index in [2.05, 4.69) is 15.1 Å². The second kappa shape index (κ2) is 7.05. The maximum atomic E-state index is 15.1. The van der Waals surface area contributed by atoms with Crippen LogP contribution >= 0.6 is 0 Å². The molecule has 0 amide bonds. The third-order valence-electron chi connectivity index (χ3n) is 6.71. The Labute approximate surface area is 172 Å². The summed E-state index contributed by atoms with van der Waals surface area (Å²) in [6.45, 7) is 0. The van der Waals surface area contributed by atoms with Crippen LogP contribution in [-0.4, -0.2) is 58.6 Å². The number of anilines is 1. The van der Waals surface area contributed by atoms with E-state index >= 15 is 4.39 Å². The van der Waals surface area contributed by atoms with Crippen molar-refractivity contribution >= 4 is 16.8 Å². The summed E-state index contributed by atoms with van der Waals surface area (Å²) < 4.78 is 20.5. The first-order chi connectivity index (χ1) is 14.4. The van der Waals surface area contributed by atoms with Crippen LogP contribution in [0.2, 0.25) is 0 Å². The number of rotatable bonds is 3. The molecule has 7 nitrogen and oxygen atoms in total. The van der Waals surface area contributed by atoms with Gasteiger partial charge in [0.05, 0.1) is 23.4 Å². The predicted octanol–water partition coefficient (Wildman–Crippen LogP) is 2.97. The van der Waals surface area contributed by atoms with Crippen molar-refractivity contribution in [2.24, 2.45) is 0 Å². The number of hydrogen-bond donors (Lipinski definition) is 1. The summed E-state index contributed by atoms with van der Waals surface area (Å²) in [5.41, 5.74) is 0.993. The Morgan fingerprint density at radius 3 is 2.83 bits per heavy atom. The average Bonchev–Trinajstić information content (AvgIpc) is 3.01. The highest BCUT2D eigenvalue weighted by atomic mass is 19.1. The van der Waals surface area contributed by atoms with Crippen molar-refractivity contribution in [1.82, 2.24) is 15.1 Å². The smallest absolute Gasteiger partial charge is 0.192 e. The van der Waals surface area contributed by atoms with Gasteiger partial charge in [-0.3, -0.25) is 9.69 Å². The van der Waals surface area contributed by atoms with Crippen molar-refractivity contribution in [2.45, 2.75) is 43.6 Å². The molecular weight excluding hydrogens is 387 g/mol. The summed E-state index contributed by atoms with van der Waals surface area (Å²) in [6, 6.07) is 7.91. The lowest BCUT2D eigenvalue weighted by Crippen LogP contribution is -2.56. The topological polar surface area (TPSA) is 82.7 Å². The average molecular weight is 410 g/mol. The molecule has 2 aromatic heterocycles. The molecule has 0 spiro atoms. The van der Waals surface area contributed by atoms with Crippen LogP contribution < -0.4 is 10.3 Å². The van der Waals surface area contributed by atoms with E-state index < -0.39 is 6.17 Å². The predicted molar refractivity (Wildman–Crippen MR) is 111 cm³/mol. The van der Waals surface area contributed by atoms with Gasteiger partial charge in [-0.05, 0) is 50.6 Å². The summed E-state index contributed by atoms with van der Waals surface area (Å²) in [7, 11) is 3.87. The molecule has 3 aromatic rings. The fraction of sp³-hybridized carbons (Fsp3) is 0.409. The monoisotopic (exact) mass is 410 g/mol. The van der Waals surface area contributed by atoms with Crippen LogP contribution in [0.3, 0.4) is 0 Å². The summed E-state index contributed by atoms with van der Waals surface area (Å²) in [5, 5.41) is 19.2. The van der Waals surface area contributed by atoms with Gasteiger partial charge in [0.25, 0.3) is 0 Å². The fourth-order valence-corrected chi connectivity index (χ4v) is 4.90. The highest BCUT2D eigenvalue weighted by molar-refractivity contribution is 5.85. The minimum Gasteiger partial charge on any atom is -0.507 e. The summed E-state index contributed by atoms with van der Waals surface area (Å²) in [4.78, 5) is 16.0. The van der Waals surface area contributed by atoms with Gasteiger partial charge in [-0.25, -0.2) is 4.39 Å². The standard InChI is InChI=1S/C22H23FN4O3/c1-26-12-3-5-16(26)22(23)17(9-12)27(2)21-6-4-15(24-25-21)13-11-20-14(10-19(13)29)18(28)7-8-30-20/h4,6-8,10-12,16-17,22,29H,3,5,9H2,1-2H3/t12-,16+,17-,22+/m1/s1. The van der Waals surface area contributed by atoms with E-state index in [0.717, 1.165) is 19.3 Å². The lowest BCUT2D eigenvalue weighted by molar-refractivity contribution is 0.0701. The molecule has 4 atom stereocenters. The number of aromatic hydroxyl groups is 1. The van der Waals surface area contributed by atoms with Crippen LogP contribution in [0.4, 0.5) is 10.2 Å². The molecule has 0 saturated carbocycles. The molecule has 2 saturated heterocycles. The SMILES string of the molecule is CN(c1ccc(-c2cc3occc(=O)c3cc2O)nn1)[C@@H]1C[C@H]2CC[C@@H]([C@@H]1F)N2C. The quantitative estimate of drug-likeness (QED) is 0.711. The second-order valence-corrected chi connectivity index (χ2v) is 8.25. The van der Waals surface area contributed by atoms with Crippen molar-refractivity contribution in [2.75, 3.05) is 19.0 Å². The number of fused-ring (bicyclic) bond motifs is 3. The normalized spacial score (nSPS) is 26.2. The molecule has 1 aromatic carbocycles. The van der Waals surface area contributed by atoms with Crippen molar-refractivity contribution < 1.29 is 13.9 Å². The van der Waals surface area contributed by atoms with Gasteiger partial charge in [-0.15, -0.1) is 10.2 Å². The minimum atomic E-state index is -0.937. The molecular formula is C22H23FN4O3. The van der Waals surface area contributed by atoms with E-state index in [-0.39, 0.29) is 23.3 Å². The number of phenolic OH excluding ortho intramolecular Hbond substituents is 1. The minimum absolute atomic E-state index is 0.0346. The molecule has 156 valence electrons. The van der Waals surface area contributed by atoms with Crippen LogP contribution in [0, 0.1) is 0 Å². The van der Waals surface area contributed by atoms with Gasteiger partial charge in [0.1, 0.15) is 17.5 Å². The van der Waals surface area contributed by atoms with E-state index in [4.69, 9.17) is 4.42 Å². The number of hydrogen-bond acceptors (Lipinski definition) is 7. The molecule has 30 heavy (non-hydrogen) atoms. The molecule has 2 fully saturated rings. The zero-order chi connectivity index (χ0) is 21.0. The Morgan fingerprint density at radius 1 is 1.23 bits per heavy atom. The molecule has 8 heteroatoms. The van der Waals surface area contributed by atoms with E-state index in [0.29, 0.717) is 34.1 Å². The molecule has 5 rings (SSSR count). The van der Waals surface area contributed by atoms with Crippen LogP contribution in [0.5, 0.6) is 5.75 Å². The molecule has 0 aliphatic carbocycles. The Balaban J connectivity index is 1.43. The number of alkyl halides is 1. The largest absolute Gasteiger partial charge is 0.507 e. The summed E-state index contributed by atoms with van der Waals surface area (Å²) >= 11 is 0. The maximum absolute atomic E-state index is 15.1.